The van der Waals surface area contributed by atoms with Crippen LogP contribution in [0.1, 0.15) is 120 Å². The summed E-state index contributed by atoms with van der Waals surface area (Å²) in [7, 11) is 1.74. The summed E-state index contributed by atoms with van der Waals surface area (Å²) in [6.45, 7) is 18.1. The van der Waals surface area contributed by atoms with Crippen LogP contribution in [-0.2, 0) is 23.8 Å². The highest BCUT2D eigenvalue weighted by Crippen LogP contribution is 2.76. The molecule has 1 N–H and O–H groups in total. The van der Waals surface area contributed by atoms with E-state index in [1.165, 1.54) is 0 Å². The van der Waals surface area contributed by atoms with E-state index in [1.54, 1.807) is 7.11 Å². The number of fused-ring (bicyclic) bond motifs is 5. The zero-order valence-electron chi connectivity index (χ0n) is 28.2. The second-order valence-electron chi connectivity index (χ2n) is 16.7. The van der Waals surface area contributed by atoms with Crippen LogP contribution >= 0.6 is 23.2 Å². The number of hydrogen-bond donors (Lipinski definition) is 1. The van der Waals surface area contributed by atoms with Crippen molar-refractivity contribution in [2.45, 2.75) is 143 Å². The van der Waals surface area contributed by atoms with Crippen molar-refractivity contribution in [2.24, 2.45) is 45.3 Å². The van der Waals surface area contributed by atoms with Gasteiger partial charge < -0.3 is 19.3 Å². The Labute approximate surface area is 270 Å². The summed E-state index contributed by atoms with van der Waals surface area (Å²) < 4.78 is 17.8. The van der Waals surface area contributed by atoms with Crippen LogP contribution in [0.15, 0.2) is 0 Å². The highest BCUT2D eigenvalue weighted by Gasteiger charge is 2.72. The van der Waals surface area contributed by atoms with Gasteiger partial charge in [0, 0.05) is 18.4 Å². The molecule has 8 heteroatoms. The molecule has 0 unspecified atom stereocenters. The predicted octanol–water partition coefficient (Wildman–Crippen LogP) is 7.93. The Hall–Kier alpha value is -0.560. The number of carbonyl (C=O) groups is 2. The number of ether oxygens (including phenoxy) is 3. The van der Waals surface area contributed by atoms with Gasteiger partial charge in [0.05, 0.1) is 11.2 Å². The van der Waals surface area contributed by atoms with Crippen molar-refractivity contribution in [3.05, 3.63) is 0 Å². The number of esters is 2. The van der Waals surface area contributed by atoms with Crippen LogP contribution in [0.5, 0.6) is 0 Å². The summed E-state index contributed by atoms with van der Waals surface area (Å²) in [4.78, 5) is 25.1. The van der Waals surface area contributed by atoms with Gasteiger partial charge in [0.15, 0.2) is 0 Å². The van der Waals surface area contributed by atoms with Crippen molar-refractivity contribution >= 4 is 35.1 Å². The Bertz CT molecular complexity index is 1040. The number of halogens is 2. The molecule has 4 aliphatic carbocycles. The van der Waals surface area contributed by atoms with Crippen LogP contribution in [0.2, 0.25) is 0 Å². The highest BCUT2D eigenvalue weighted by atomic mass is 35.5. The molecule has 4 saturated carbocycles. The number of rotatable bonds is 10. The molecule has 0 aromatic carbocycles. The SMILES string of the molecule is COC(C)(C)CCC[C@@](C)(O)[C@H]1CC[C@]2(C)[C@@H]1[C@H](OC(=O)CCl)C[C@@H]1[C@@]3(C)CC[C@H](OC(=O)CCl)C(C)(C)[C@@H]3CC[C@]12C. The lowest BCUT2D eigenvalue weighted by Gasteiger charge is -2.70. The van der Waals surface area contributed by atoms with Crippen LogP contribution in [0.25, 0.3) is 0 Å². The van der Waals surface area contributed by atoms with Crippen molar-refractivity contribution in [1.82, 2.24) is 0 Å². The van der Waals surface area contributed by atoms with E-state index >= 15 is 0 Å². The molecule has 0 amide bonds. The largest absolute Gasteiger partial charge is 0.461 e. The molecule has 0 aromatic heterocycles. The van der Waals surface area contributed by atoms with Gasteiger partial charge in [-0.05, 0) is 119 Å². The first-order chi connectivity index (χ1) is 19.8. The van der Waals surface area contributed by atoms with Crippen LogP contribution in [0.3, 0.4) is 0 Å². The molecule has 248 valence electrons. The highest BCUT2D eigenvalue weighted by molar-refractivity contribution is 6.26. The lowest BCUT2D eigenvalue weighted by Crippen LogP contribution is -2.67. The van der Waals surface area contributed by atoms with Crippen LogP contribution in [0, 0.1) is 45.3 Å². The van der Waals surface area contributed by atoms with Crippen molar-refractivity contribution in [1.29, 1.82) is 0 Å². The summed E-state index contributed by atoms with van der Waals surface area (Å²) in [5, 5.41) is 12.1. The Balaban J connectivity index is 1.68. The molecule has 0 heterocycles. The first kappa shape index (κ1) is 35.3. The number of alkyl halides is 2. The maximum Gasteiger partial charge on any atom is 0.321 e. The fourth-order valence-electron chi connectivity index (χ4n) is 11.3. The minimum Gasteiger partial charge on any atom is -0.461 e. The molecule has 0 aliphatic heterocycles. The van der Waals surface area contributed by atoms with E-state index in [0.29, 0.717) is 18.3 Å². The summed E-state index contributed by atoms with van der Waals surface area (Å²) in [6.07, 6.45) is 8.55. The van der Waals surface area contributed by atoms with Crippen molar-refractivity contribution in [3.8, 4) is 0 Å². The fraction of sp³-hybridized carbons (Fsp3) is 0.943. The average molecular weight is 646 g/mol. The molecule has 0 saturated heterocycles. The van der Waals surface area contributed by atoms with Gasteiger partial charge in [-0.25, -0.2) is 0 Å². The summed E-state index contributed by atoms with van der Waals surface area (Å²) in [5.74, 6) is -0.258. The first-order valence-corrected chi connectivity index (χ1v) is 17.7. The molecule has 4 aliphatic rings. The van der Waals surface area contributed by atoms with Crippen LogP contribution in [0.4, 0.5) is 0 Å². The summed E-state index contributed by atoms with van der Waals surface area (Å²) >= 11 is 11.8. The van der Waals surface area contributed by atoms with Crippen LogP contribution < -0.4 is 0 Å². The van der Waals surface area contributed by atoms with Gasteiger partial charge in [0.25, 0.3) is 0 Å². The van der Waals surface area contributed by atoms with Gasteiger partial charge in [-0.15, -0.1) is 23.2 Å². The van der Waals surface area contributed by atoms with Crippen LogP contribution in [-0.4, -0.2) is 59.3 Å². The van der Waals surface area contributed by atoms with E-state index in [9.17, 15) is 14.7 Å². The molecule has 4 rings (SSSR count). The third-order valence-electron chi connectivity index (χ3n) is 13.9. The molecule has 0 bridgehead atoms. The van der Waals surface area contributed by atoms with Gasteiger partial charge >= 0.3 is 11.9 Å². The Kier molecular flexibility index (Phi) is 10.0. The van der Waals surface area contributed by atoms with E-state index in [2.05, 4.69) is 48.5 Å². The smallest absolute Gasteiger partial charge is 0.321 e. The summed E-state index contributed by atoms with van der Waals surface area (Å²) in [6, 6.07) is 0. The third kappa shape index (κ3) is 6.02. The third-order valence-corrected chi connectivity index (χ3v) is 14.3. The Morgan fingerprint density at radius 1 is 0.837 bits per heavy atom. The molecule has 10 atom stereocenters. The minimum atomic E-state index is -0.880. The molecule has 0 aromatic rings. The van der Waals surface area contributed by atoms with Crippen molar-refractivity contribution in [2.75, 3.05) is 18.9 Å². The van der Waals surface area contributed by atoms with Gasteiger partial charge in [-0.1, -0.05) is 34.6 Å². The van der Waals surface area contributed by atoms with Gasteiger partial charge in [0.2, 0.25) is 0 Å². The molecule has 0 radical (unpaired) electrons. The van der Waals surface area contributed by atoms with E-state index < -0.39 is 5.60 Å². The van der Waals surface area contributed by atoms with E-state index in [-0.39, 0.29) is 75.0 Å². The quantitative estimate of drug-likeness (QED) is 0.192. The maximum atomic E-state index is 12.8. The second kappa shape index (κ2) is 12.2. The van der Waals surface area contributed by atoms with E-state index in [1.807, 2.05) is 6.92 Å². The van der Waals surface area contributed by atoms with Gasteiger partial charge in [-0.2, -0.15) is 0 Å². The normalized spacial score (nSPS) is 41.8. The second-order valence-corrected chi connectivity index (χ2v) is 17.2. The lowest BCUT2D eigenvalue weighted by molar-refractivity contribution is -0.252. The monoisotopic (exact) mass is 644 g/mol. The standard InChI is InChI=1S/C35H58Cl2O6/c1-30(2,41-9)14-10-15-35(8,40)22-11-17-34(7)29(22)23(42-27(38)20-36)19-25-32(5)16-13-26(43-28(39)21-37)31(3,4)24(32)12-18-33(25,34)6/h22-26,29,40H,10-21H2,1-9H3/t22-,23+,24-,25+,26-,29-,32-,33+,34+,35+/m0/s1. The molecular weight excluding hydrogens is 587 g/mol. The zero-order chi connectivity index (χ0) is 32.2. The first-order valence-electron chi connectivity index (χ1n) is 16.6. The molecule has 6 nitrogen and oxygen atoms in total. The summed E-state index contributed by atoms with van der Waals surface area (Å²) in [5.41, 5.74) is -1.40. The number of carbonyl (C=O) groups excluding carboxylic acids is 2. The van der Waals surface area contributed by atoms with E-state index in [0.717, 1.165) is 57.8 Å². The Morgan fingerprint density at radius 2 is 1.44 bits per heavy atom. The molecular formula is C35H58Cl2O6. The zero-order valence-corrected chi connectivity index (χ0v) is 29.7. The molecule has 0 spiro atoms. The van der Waals surface area contributed by atoms with Gasteiger partial charge in [-0.3, -0.25) is 9.59 Å². The van der Waals surface area contributed by atoms with Crippen molar-refractivity contribution < 1.29 is 28.9 Å². The van der Waals surface area contributed by atoms with Gasteiger partial charge in [0.1, 0.15) is 24.0 Å². The minimum absolute atomic E-state index is 0.00762. The fourth-order valence-corrected chi connectivity index (χ4v) is 11.4. The number of methoxy groups -OCH3 is 1. The molecule has 43 heavy (non-hydrogen) atoms. The maximum absolute atomic E-state index is 12.8. The predicted molar refractivity (Wildman–Crippen MR) is 171 cm³/mol. The number of hydrogen-bond acceptors (Lipinski definition) is 6. The van der Waals surface area contributed by atoms with Crippen molar-refractivity contribution in [3.63, 3.8) is 0 Å². The van der Waals surface area contributed by atoms with E-state index in [4.69, 9.17) is 37.4 Å². The Morgan fingerprint density at radius 3 is 2.05 bits per heavy atom. The lowest BCUT2D eigenvalue weighted by atomic mass is 9.35. The molecule has 4 fully saturated rings. The average Bonchev–Trinajstić information content (AvgIpc) is 3.31. The topological polar surface area (TPSA) is 82.1 Å². The number of aliphatic hydroxyl groups is 1.